The Kier molecular flexibility index (Phi) is 12.6. The van der Waals surface area contributed by atoms with Crippen molar-refractivity contribution in [3.8, 4) is 0 Å². The molecule has 3 atom stereocenters. The molecule has 2 fully saturated rings. The zero-order chi connectivity index (χ0) is 32.1. The zero-order valence-electron chi connectivity index (χ0n) is 26.4. The third kappa shape index (κ3) is 10.1. The van der Waals surface area contributed by atoms with Crippen molar-refractivity contribution in [2.24, 2.45) is 0 Å². The number of para-hydroxylation sites is 2. The number of unbranched alkanes of at least 4 members (excludes halogenated alkanes) is 3. The van der Waals surface area contributed by atoms with Crippen molar-refractivity contribution in [2.75, 3.05) is 49.2 Å². The Morgan fingerprint density at radius 3 is 2.13 bits per heavy atom. The van der Waals surface area contributed by atoms with E-state index >= 15 is 0 Å². The van der Waals surface area contributed by atoms with Gasteiger partial charge in [-0.05, 0) is 48.2 Å². The highest BCUT2D eigenvalue weighted by Crippen LogP contribution is 2.38. The fourth-order valence-corrected chi connectivity index (χ4v) is 5.80. The standard InChI is InChI=1S/C36H46N4O6/c37-31-7-5-6-8-32(31)39-35(43)10-4-2-1-3-9-34(42)38-29-17-15-28(16-18-29)36-45-30(24-40-19-21-44-22-20-40)23-33(46-36)27-13-11-26(25-41)12-14-27/h5-8,11-18,30,33,36,41H,1-4,9-10,19-25,37H2,(H,38,42)(H,39,43). The number of morpholine rings is 1. The third-order valence-electron chi connectivity index (χ3n) is 8.44. The number of amides is 2. The van der Waals surface area contributed by atoms with E-state index < -0.39 is 6.29 Å². The molecule has 10 heteroatoms. The fourth-order valence-electron chi connectivity index (χ4n) is 5.80. The van der Waals surface area contributed by atoms with Gasteiger partial charge in [0.2, 0.25) is 11.8 Å². The number of nitrogens with two attached hydrogens (primary N) is 1. The average Bonchev–Trinajstić information content (AvgIpc) is 3.08. The predicted octanol–water partition coefficient (Wildman–Crippen LogP) is 5.56. The summed E-state index contributed by atoms with van der Waals surface area (Å²) in [4.78, 5) is 27.1. The first kappa shape index (κ1) is 33.6. The van der Waals surface area contributed by atoms with Gasteiger partial charge < -0.3 is 35.7 Å². The van der Waals surface area contributed by atoms with Crippen LogP contribution in [-0.4, -0.2) is 60.8 Å². The molecule has 5 rings (SSSR count). The summed E-state index contributed by atoms with van der Waals surface area (Å²) in [5.41, 5.74) is 10.6. The van der Waals surface area contributed by atoms with Gasteiger partial charge in [0.1, 0.15) is 0 Å². The van der Waals surface area contributed by atoms with E-state index in [9.17, 15) is 14.7 Å². The quantitative estimate of drug-likeness (QED) is 0.134. The summed E-state index contributed by atoms with van der Waals surface area (Å²) >= 11 is 0. The van der Waals surface area contributed by atoms with Crippen molar-refractivity contribution < 1.29 is 28.9 Å². The molecule has 2 heterocycles. The van der Waals surface area contributed by atoms with Gasteiger partial charge in [0.05, 0.1) is 43.4 Å². The molecule has 2 aliphatic heterocycles. The van der Waals surface area contributed by atoms with Crippen LogP contribution in [0.4, 0.5) is 17.1 Å². The molecule has 0 radical (unpaired) electrons. The number of rotatable bonds is 14. The minimum atomic E-state index is -0.542. The first-order valence-electron chi connectivity index (χ1n) is 16.3. The van der Waals surface area contributed by atoms with Crippen LogP contribution in [0.1, 0.15) is 74.0 Å². The van der Waals surface area contributed by atoms with Crippen molar-refractivity contribution in [3.63, 3.8) is 0 Å². The van der Waals surface area contributed by atoms with Crippen molar-refractivity contribution in [3.05, 3.63) is 89.5 Å². The summed E-state index contributed by atoms with van der Waals surface area (Å²) in [6, 6.07) is 22.8. The Morgan fingerprint density at radius 1 is 0.804 bits per heavy atom. The van der Waals surface area contributed by atoms with Crippen LogP contribution in [0.15, 0.2) is 72.8 Å². The molecule has 5 N–H and O–H groups in total. The first-order valence-corrected chi connectivity index (χ1v) is 16.3. The Morgan fingerprint density at radius 2 is 1.46 bits per heavy atom. The second-order valence-electron chi connectivity index (χ2n) is 12.0. The summed E-state index contributed by atoms with van der Waals surface area (Å²) in [5, 5.41) is 15.3. The number of hydrogen-bond acceptors (Lipinski definition) is 8. The van der Waals surface area contributed by atoms with Crippen LogP contribution in [0.25, 0.3) is 0 Å². The molecule has 0 bridgehead atoms. The van der Waals surface area contributed by atoms with Crippen molar-refractivity contribution in [1.29, 1.82) is 0 Å². The maximum atomic E-state index is 12.6. The second-order valence-corrected chi connectivity index (χ2v) is 12.0. The second kappa shape index (κ2) is 17.2. The lowest BCUT2D eigenvalue weighted by Crippen LogP contribution is -2.44. The van der Waals surface area contributed by atoms with Gasteiger partial charge in [0.25, 0.3) is 0 Å². The summed E-state index contributed by atoms with van der Waals surface area (Å²) < 4.78 is 18.4. The number of nitrogens with zero attached hydrogens (tertiary/aromatic N) is 1. The molecule has 2 saturated heterocycles. The van der Waals surface area contributed by atoms with E-state index in [2.05, 4.69) is 15.5 Å². The molecule has 2 amide bonds. The maximum Gasteiger partial charge on any atom is 0.224 e. The topological polar surface area (TPSA) is 135 Å². The van der Waals surface area contributed by atoms with Crippen LogP contribution in [-0.2, 0) is 30.4 Å². The van der Waals surface area contributed by atoms with Crippen molar-refractivity contribution >= 4 is 28.9 Å². The molecule has 46 heavy (non-hydrogen) atoms. The van der Waals surface area contributed by atoms with E-state index in [0.717, 1.165) is 87.3 Å². The molecular weight excluding hydrogens is 584 g/mol. The normalized spacial score (nSPS) is 20.2. The number of aliphatic hydroxyl groups is 1. The van der Waals surface area contributed by atoms with E-state index in [-0.39, 0.29) is 30.6 Å². The zero-order valence-corrected chi connectivity index (χ0v) is 26.4. The number of ether oxygens (including phenoxy) is 3. The number of hydrogen-bond donors (Lipinski definition) is 4. The van der Waals surface area contributed by atoms with Crippen LogP contribution in [0.2, 0.25) is 0 Å². The Hall–Kier alpha value is -3.80. The predicted molar refractivity (Wildman–Crippen MR) is 178 cm³/mol. The van der Waals surface area contributed by atoms with Gasteiger partial charge in [-0.25, -0.2) is 0 Å². The average molecular weight is 631 g/mol. The minimum Gasteiger partial charge on any atom is -0.397 e. The van der Waals surface area contributed by atoms with Gasteiger partial charge in [-0.1, -0.05) is 61.4 Å². The molecule has 3 aromatic rings. The summed E-state index contributed by atoms with van der Waals surface area (Å²) in [5.74, 6) is -0.0878. The van der Waals surface area contributed by atoms with E-state index in [1.54, 1.807) is 12.1 Å². The van der Waals surface area contributed by atoms with Crippen molar-refractivity contribution in [2.45, 2.75) is 70.1 Å². The largest absolute Gasteiger partial charge is 0.397 e. The summed E-state index contributed by atoms with van der Waals surface area (Å²) in [6.45, 7) is 4.05. The summed E-state index contributed by atoms with van der Waals surface area (Å²) in [6.07, 6.45) is 4.13. The molecule has 0 saturated carbocycles. The molecule has 10 nitrogen and oxygen atoms in total. The molecular formula is C36H46N4O6. The van der Waals surface area contributed by atoms with Crippen LogP contribution in [0, 0.1) is 0 Å². The number of nitrogens with one attached hydrogen (secondary N) is 2. The van der Waals surface area contributed by atoms with Gasteiger partial charge in [-0.15, -0.1) is 0 Å². The van der Waals surface area contributed by atoms with Crippen LogP contribution in [0.3, 0.4) is 0 Å². The molecule has 0 aliphatic carbocycles. The van der Waals surface area contributed by atoms with Gasteiger partial charge in [0.15, 0.2) is 6.29 Å². The summed E-state index contributed by atoms with van der Waals surface area (Å²) in [7, 11) is 0. The SMILES string of the molecule is Nc1ccccc1NC(=O)CCCCCCC(=O)Nc1ccc(C2OC(CN3CCOCC3)CC(c3ccc(CO)cc3)O2)cc1. The van der Waals surface area contributed by atoms with E-state index in [4.69, 9.17) is 19.9 Å². The molecule has 0 spiro atoms. The minimum absolute atomic E-state index is 0.00624. The highest BCUT2D eigenvalue weighted by molar-refractivity contribution is 5.93. The van der Waals surface area contributed by atoms with Crippen LogP contribution in [0.5, 0.6) is 0 Å². The van der Waals surface area contributed by atoms with E-state index in [1.807, 2.05) is 60.7 Å². The molecule has 2 aliphatic rings. The van der Waals surface area contributed by atoms with E-state index in [1.165, 1.54) is 0 Å². The van der Waals surface area contributed by atoms with E-state index in [0.29, 0.717) is 24.2 Å². The lowest BCUT2D eigenvalue weighted by molar-refractivity contribution is -0.253. The van der Waals surface area contributed by atoms with Gasteiger partial charge in [0, 0.05) is 50.1 Å². The third-order valence-corrected chi connectivity index (χ3v) is 8.44. The number of carbonyl (C=O) groups is 2. The molecule has 0 aromatic heterocycles. The van der Waals surface area contributed by atoms with Crippen LogP contribution >= 0.6 is 0 Å². The fraction of sp³-hybridized carbons (Fsp3) is 0.444. The lowest BCUT2D eigenvalue weighted by Gasteiger charge is -2.39. The van der Waals surface area contributed by atoms with Crippen molar-refractivity contribution in [1.82, 2.24) is 4.90 Å². The Labute approximate surface area is 271 Å². The molecule has 3 aromatic carbocycles. The van der Waals surface area contributed by atoms with Gasteiger partial charge >= 0.3 is 0 Å². The number of benzene rings is 3. The number of aliphatic hydroxyl groups excluding tert-OH is 1. The number of anilines is 3. The lowest BCUT2D eigenvalue weighted by atomic mass is 9.99. The first-order chi connectivity index (χ1) is 22.5. The Balaban J connectivity index is 1.07. The smallest absolute Gasteiger partial charge is 0.224 e. The molecule has 3 unspecified atom stereocenters. The number of carbonyl (C=O) groups excluding carboxylic acids is 2. The monoisotopic (exact) mass is 630 g/mol. The number of nitrogen functional groups attached to an aromatic ring is 1. The van der Waals surface area contributed by atoms with Gasteiger partial charge in [-0.3, -0.25) is 14.5 Å². The Bertz CT molecular complexity index is 1390. The molecule has 246 valence electrons. The van der Waals surface area contributed by atoms with Gasteiger partial charge in [-0.2, -0.15) is 0 Å². The van der Waals surface area contributed by atoms with Crippen LogP contribution < -0.4 is 16.4 Å². The maximum absolute atomic E-state index is 12.6. The highest BCUT2D eigenvalue weighted by atomic mass is 16.7. The highest BCUT2D eigenvalue weighted by Gasteiger charge is 2.33.